The number of carbonyl (C=O) groups is 4. The molecule has 2 rings (SSSR count). The number of hydrogen-bond acceptors (Lipinski definition) is 6. The average Bonchev–Trinajstić information content (AvgIpc) is 2.72. The highest BCUT2D eigenvalue weighted by atomic mass is 16.5. The van der Waals surface area contributed by atoms with Crippen LogP contribution < -0.4 is 10.6 Å². The van der Waals surface area contributed by atoms with Crippen molar-refractivity contribution in [3.63, 3.8) is 0 Å². The maximum absolute atomic E-state index is 12.5. The average molecular weight is 384 g/mol. The Hall–Kier alpha value is -3.68. The van der Waals surface area contributed by atoms with Gasteiger partial charge in [-0.15, -0.1) is 0 Å². The van der Waals surface area contributed by atoms with Crippen molar-refractivity contribution in [2.45, 2.75) is 13.3 Å². The van der Waals surface area contributed by atoms with Crippen molar-refractivity contribution in [1.82, 2.24) is 0 Å². The maximum atomic E-state index is 12.5. The van der Waals surface area contributed by atoms with Gasteiger partial charge in [0.1, 0.15) is 0 Å². The Morgan fingerprint density at radius 1 is 0.750 bits per heavy atom. The van der Waals surface area contributed by atoms with Crippen LogP contribution in [-0.4, -0.2) is 38.0 Å². The molecule has 0 atom stereocenters. The van der Waals surface area contributed by atoms with Gasteiger partial charge in [0.2, 0.25) is 5.91 Å². The zero-order valence-electron chi connectivity index (χ0n) is 15.7. The Labute approximate surface area is 161 Å². The third-order valence-electron chi connectivity index (χ3n) is 3.79. The molecule has 0 saturated heterocycles. The number of benzene rings is 2. The lowest BCUT2D eigenvalue weighted by molar-refractivity contribution is -0.115. The molecule has 0 saturated carbocycles. The van der Waals surface area contributed by atoms with Crippen LogP contribution in [0, 0.1) is 0 Å². The van der Waals surface area contributed by atoms with E-state index in [9.17, 15) is 19.2 Å². The van der Waals surface area contributed by atoms with Crippen molar-refractivity contribution in [3.8, 4) is 0 Å². The lowest BCUT2D eigenvalue weighted by atomic mass is 10.1. The minimum Gasteiger partial charge on any atom is -0.465 e. The first-order valence-corrected chi connectivity index (χ1v) is 8.41. The largest absolute Gasteiger partial charge is 0.465 e. The number of rotatable bonds is 6. The second-order valence-electron chi connectivity index (χ2n) is 5.72. The predicted molar refractivity (Wildman–Crippen MR) is 102 cm³/mol. The molecule has 2 aromatic rings. The van der Waals surface area contributed by atoms with E-state index < -0.39 is 17.8 Å². The summed E-state index contributed by atoms with van der Waals surface area (Å²) in [6.45, 7) is 1.74. The molecule has 8 heteroatoms. The first-order valence-electron chi connectivity index (χ1n) is 8.41. The van der Waals surface area contributed by atoms with Gasteiger partial charge in [-0.2, -0.15) is 0 Å². The smallest absolute Gasteiger partial charge is 0.337 e. The van der Waals surface area contributed by atoms with E-state index in [4.69, 9.17) is 0 Å². The van der Waals surface area contributed by atoms with Gasteiger partial charge in [-0.3, -0.25) is 9.59 Å². The Morgan fingerprint density at radius 2 is 1.29 bits per heavy atom. The third-order valence-corrected chi connectivity index (χ3v) is 3.79. The van der Waals surface area contributed by atoms with Crippen LogP contribution in [0.3, 0.4) is 0 Å². The molecule has 8 nitrogen and oxygen atoms in total. The summed E-state index contributed by atoms with van der Waals surface area (Å²) in [5.41, 5.74) is 1.33. The number of ether oxygens (including phenoxy) is 2. The molecule has 2 amide bonds. The molecule has 0 aliphatic rings. The lowest BCUT2D eigenvalue weighted by Crippen LogP contribution is -2.14. The highest BCUT2D eigenvalue weighted by molar-refractivity contribution is 6.06. The molecule has 0 spiro atoms. The van der Waals surface area contributed by atoms with Crippen molar-refractivity contribution < 1.29 is 28.7 Å². The van der Waals surface area contributed by atoms with Crippen LogP contribution in [0.5, 0.6) is 0 Å². The van der Waals surface area contributed by atoms with Crippen LogP contribution in [0.1, 0.15) is 44.4 Å². The number of amides is 2. The number of esters is 2. The second-order valence-corrected chi connectivity index (χ2v) is 5.72. The maximum Gasteiger partial charge on any atom is 0.337 e. The summed E-state index contributed by atoms with van der Waals surface area (Å²) in [6.07, 6.45) is 0.349. The molecule has 0 heterocycles. The van der Waals surface area contributed by atoms with Crippen LogP contribution in [0.2, 0.25) is 0 Å². The molecule has 0 bridgehead atoms. The van der Waals surface area contributed by atoms with Crippen LogP contribution in [-0.2, 0) is 14.3 Å². The SMILES string of the molecule is CCC(=O)Nc1ccc(C(=O)Nc2cc(C(=O)OC)cc(C(=O)OC)c2)cc1. The van der Waals surface area contributed by atoms with Gasteiger partial charge in [0.15, 0.2) is 0 Å². The summed E-state index contributed by atoms with van der Waals surface area (Å²) >= 11 is 0. The van der Waals surface area contributed by atoms with Crippen molar-refractivity contribution in [1.29, 1.82) is 0 Å². The zero-order chi connectivity index (χ0) is 20.7. The highest BCUT2D eigenvalue weighted by Crippen LogP contribution is 2.19. The number of methoxy groups -OCH3 is 2. The quantitative estimate of drug-likeness (QED) is 0.741. The van der Waals surface area contributed by atoms with E-state index in [1.54, 1.807) is 31.2 Å². The van der Waals surface area contributed by atoms with Crippen molar-refractivity contribution >= 4 is 35.1 Å². The standard InChI is InChI=1S/C20H20N2O6/c1-4-17(23)21-15-7-5-12(6-8-15)18(24)22-16-10-13(19(25)27-2)9-14(11-16)20(26)28-3/h5-11H,4H2,1-3H3,(H,21,23)(H,22,24). The monoisotopic (exact) mass is 384 g/mol. The van der Waals surface area contributed by atoms with Crippen LogP contribution in [0.4, 0.5) is 11.4 Å². The summed E-state index contributed by atoms with van der Waals surface area (Å²) in [7, 11) is 2.43. The van der Waals surface area contributed by atoms with E-state index in [2.05, 4.69) is 20.1 Å². The molecule has 2 N–H and O–H groups in total. The minimum absolute atomic E-state index is 0.0957. The van der Waals surface area contributed by atoms with Crippen molar-refractivity contribution in [3.05, 3.63) is 59.2 Å². The normalized spacial score (nSPS) is 9.96. The molecule has 0 unspecified atom stereocenters. The van der Waals surface area contributed by atoms with Gasteiger partial charge in [-0.05, 0) is 42.5 Å². The molecule has 0 aliphatic carbocycles. The summed E-state index contributed by atoms with van der Waals surface area (Å²) < 4.78 is 9.33. The summed E-state index contributed by atoms with van der Waals surface area (Å²) in [5.74, 6) is -1.90. The van der Waals surface area contributed by atoms with E-state index in [0.29, 0.717) is 17.7 Å². The molecule has 0 aromatic heterocycles. The van der Waals surface area contributed by atoms with E-state index in [1.165, 1.54) is 32.4 Å². The number of hydrogen-bond donors (Lipinski definition) is 2. The summed E-state index contributed by atoms with van der Waals surface area (Å²) in [6, 6.07) is 10.4. The first kappa shape index (κ1) is 20.6. The Kier molecular flexibility index (Phi) is 6.86. The number of anilines is 2. The highest BCUT2D eigenvalue weighted by Gasteiger charge is 2.15. The zero-order valence-corrected chi connectivity index (χ0v) is 15.7. The Bertz CT molecular complexity index is 871. The van der Waals surface area contributed by atoms with Crippen LogP contribution in [0.15, 0.2) is 42.5 Å². The fourth-order valence-electron chi connectivity index (χ4n) is 2.33. The fourth-order valence-corrected chi connectivity index (χ4v) is 2.33. The lowest BCUT2D eigenvalue weighted by Gasteiger charge is -2.10. The molecule has 2 aromatic carbocycles. The van der Waals surface area contributed by atoms with Crippen molar-refractivity contribution in [2.75, 3.05) is 24.9 Å². The molecule has 0 radical (unpaired) electrons. The molecule has 28 heavy (non-hydrogen) atoms. The summed E-state index contributed by atoms with van der Waals surface area (Å²) in [5, 5.41) is 5.31. The molecular formula is C20H20N2O6. The fraction of sp³-hybridized carbons (Fsp3) is 0.200. The molecular weight excluding hydrogens is 364 g/mol. The molecule has 146 valence electrons. The number of nitrogens with one attached hydrogen (secondary N) is 2. The van der Waals surface area contributed by atoms with Gasteiger partial charge in [0.05, 0.1) is 25.3 Å². The number of carbonyl (C=O) groups excluding carboxylic acids is 4. The van der Waals surface area contributed by atoms with E-state index in [-0.39, 0.29) is 22.7 Å². The van der Waals surface area contributed by atoms with E-state index >= 15 is 0 Å². The van der Waals surface area contributed by atoms with Gasteiger partial charge in [-0.25, -0.2) is 9.59 Å². The van der Waals surface area contributed by atoms with Gasteiger partial charge >= 0.3 is 11.9 Å². The van der Waals surface area contributed by atoms with Gasteiger partial charge in [0.25, 0.3) is 5.91 Å². The van der Waals surface area contributed by atoms with Gasteiger partial charge < -0.3 is 20.1 Å². The predicted octanol–water partition coefficient (Wildman–Crippen LogP) is 2.86. The van der Waals surface area contributed by atoms with Crippen molar-refractivity contribution in [2.24, 2.45) is 0 Å². The topological polar surface area (TPSA) is 111 Å². The molecule has 0 aliphatic heterocycles. The van der Waals surface area contributed by atoms with Crippen LogP contribution >= 0.6 is 0 Å². The first-order chi connectivity index (χ1) is 13.4. The third kappa shape index (κ3) is 5.16. The van der Waals surface area contributed by atoms with E-state index in [1.807, 2.05) is 0 Å². The second kappa shape index (κ2) is 9.31. The van der Waals surface area contributed by atoms with Gasteiger partial charge in [0, 0.05) is 23.4 Å². The summed E-state index contributed by atoms with van der Waals surface area (Å²) in [4.78, 5) is 47.5. The Morgan fingerprint density at radius 3 is 1.75 bits per heavy atom. The van der Waals surface area contributed by atoms with E-state index in [0.717, 1.165) is 0 Å². The van der Waals surface area contributed by atoms with Gasteiger partial charge in [-0.1, -0.05) is 6.92 Å². The minimum atomic E-state index is -0.655. The van der Waals surface area contributed by atoms with Crippen LogP contribution in [0.25, 0.3) is 0 Å². The Balaban J connectivity index is 2.23. The molecule has 0 fully saturated rings.